The zero-order valence-electron chi connectivity index (χ0n) is 11.7. The molecule has 0 saturated carbocycles. The fourth-order valence-corrected chi connectivity index (χ4v) is 2.31. The number of benzene rings is 1. The van der Waals surface area contributed by atoms with Gasteiger partial charge in [-0.1, -0.05) is 32.0 Å². The molecule has 0 atom stereocenters. The molecule has 0 aliphatic rings. The van der Waals surface area contributed by atoms with Crippen LogP contribution in [0.4, 0.5) is 5.82 Å². The number of anilines is 1. The molecule has 0 fully saturated rings. The first-order valence-electron chi connectivity index (χ1n) is 6.76. The number of nitrogen functional groups attached to an aromatic ring is 1. The first kappa shape index (κ1) is 12.6. The molecular weight excluding hydrogens is 246 g/mol. The lowest BCUT2D eigenvalue weighted by atomic mass is 10.00. The molecule has 0 spiro atoms. The van der Waals surface area contributed by atoms with Gasteiger partial charge in [0.15, 0.2) is 0 Å². The van der Waals surface area contributed by atoms with Crippen molar-refractivity contribution in [2.24, 2.45) is 0 Å². The number of fused-ring (bicyclic) bond motifs is 1. The van der Waals surface area contributed by atoms with Crippen molar-refractivity contribution < 1.29 is 0 Å². The van der Waals surface area contributed by atoms with Crippen LogP contribution in [0, 0.1) is 0 Å². The van der Waals surface area contributed by atoms with Gasteiger partial charge in [0.25, 0.3) is 0 Å². The number of hydrogen-bond acceptors (Lipinski definition) is 3. The van der Waals surface area contributed by atoms with E-state index in [-0.39, 0.29) is 0 Å². The summed E-state index contributed by atoms with van der Waals surface area (Å²) < 4.78 is 0. The van der Waals surface area contributed by atoms with Gasteiger partial charge < -0.3 is 5.73 Å². The molecule has 3 heteroatoms. The van der Waals surface area contributed by atoms with Crippen LogP contribution in [0.25, 0.3) is 22.0 Å². The van der Waals surface area contributed by atoms with E-state index in [4.69, 9.17) is 5.73 Å². The van der Waals surface area contributed by atoms with Crippen LogP contribution in [0.15, 0.2) is 48.8 Å². The summed E-state index contributed by atoms with van der Waals surface area (Å²) in [5.74, 6) is 1.03. The molecule has 3 aromatic rings. The highest BCUT2D eigenvalue weighted by atomic mass is 14.8. The molecular formula is C17H17N3. The van der Waals surface area contributed by atoms with Crippen molar-refractivity contribution in [1.29, 1.82) is 0 Å². The quantitative estimate of drug-likeness (QED) is 0.760. The van der Waals surface area contributed by atoms with Crippen molar-refractivity contribution in [3.05, 3.63) is 54.4 Å². The number of pyridine rings is 2. The topological polar surface area (TPSA) is 51.8 Å². The predicted octanol–water partition coefficient (Wildman–Crippen LogP) is 4.00. The SMILES string of the molecule is CC(C)c1ccc2cc(-c3cccnc3)c(N)nc2c1. The van der Waals surface area contributed by atoms with Gasteiger partial charge in [-0.15, -0.1) is 0 Å². The van der Waals surface area contributed by atoms with Gasteiger partial charge in [-0.3, -0.25) is 4.98 Å². The normalized spacial score (nSPS) is 11.2. The molecule has 1 aromatic carbocycles. The number of nitrogens with zero attached hydrogens (tertiary/aromatic N) is 2. The minimum Gasteiger partial charge on any atom is -0.383 e. The molecule has 3 nitrogen and oxygen atoms in total. The lowest BCUT2D eigenvalue weighted by molar-refractivity contribution is 0.868. The Labute approximate surface area is 118 Å². The van der Waals surface area contributed by atoms with Crippen LogP contribution >= 0.6 is 0 Å². The molecule has 100 valence electrons. The summed E-state index contributed by atoms with van der Waals surface area (Å²) in [7, 11) is 0. The van der Waals surface area contributed by atoms with E-state index in [0.29, 0.717) is 11.7 Å². The predicted molar refractivity (Wildman–Crippen MR) is 83.5 cm³/mol. The zero-order valence-corrected chi connectivity index (χ0v) is 11.7. The second-order valence-electron chi connectivity index (χ2n) is 5.27. The van der Waals surface area contributed by atoms with E-state index < -0.39 is 0 Å². The molecule has 0 amide bonds. The maximum absolute atomic E-state index is 6.11. The summed E-state index contributed by atoms with van der Waals surface area (Å²) in [6.45, 7) is 4.35. The van der Waals surface area contributed by atoms with Gasteiger partial charge in [-0.05, 0) is 29.7 Å². The van der Waals surface area contributed by atoms with Gasteiger partial charge >= 0.3 is 0 Å². The van der Waals surface area contributed by atoms with Crippen LogP contribution in [0.2, 0.25) is 0 Å². The van der Waals surface area contributed by atoms with Crippen molar-refractivity contribution >= 4 is 16.7 Å². The van der Waals surface area contributed by atoms with Crippen molar-refractivity contribution in [2.75, 3.05) is 5.73 Å². The Hall–Kier alpha value is -2.42. The van der Waals surface area contributed by atoms with Crippen LogP contribution < -0.4 is 5.73 Å². The Morgan fingerprint density at radius 3 is 2.65 bits per heavy atom. The van der Waals surface area contributed by atoms with E-state index in [0.717, 1.165) is 22.0 Å². The Bertz CT molecular complexity index is 749. The summed E-state index contributed by atoms with van der Waals surface area (Å²) in [5.41, 5.74) is 10.3. The third-order valence-electron chi connectivity index (χ3n) is 3.51. The lowest BCUT2D eigenvalue weighted by Gasteiger charge is -2.10. The molecule has 0 radical (unpaired) electrons. The smallest absolute Gasteiger partial charge is 0.132 e. The van der Waals surface area contributed by atoms with E-state index >= 15 is 0 Å². The summed E-state index contributed by atoms with van der Waals surface area (Å²) in [4.78, 5) is 8.68. The average molecular weight is 263 g/mol. The van der Waals surface area contributed by atoms with E-state index in [9.17, 15) is 0 Å². The van der Waals surface area contributed by atoms with Crippen molar-refractivity contribution in [1.82, 2.24) is 9.97 Å². The fourth-order valence-electron chi connectivity index (χ4n) is 2.31. The molecule has 20 heavy (non-hydrogen) atoms. The van der Waals surface area contributed by atoms with Crippen LogP contribution in [0.5, 0.6) is 0 Å². The van der Waals surface area contributed by atoms with E-state index in [1.165, 1.54) is 5.56 Å². The van der Waals surface area contributed by atoms with E-state index in [1.54, 1.807) is 6.20 Å². The van der Waals surface area contributed by atoms with Crippen LogP contribution in [-0.2, 0) is 0 Å². The molecule has 2 heterocycles. The van der Waals surface area contributed by atoms with Crippen molar-refractivity contribution in [3.8, 4) is 11.1 Å². The Balaban J connectivity index is 2.18. The molecule has 0 aliphatic heterocycles. The van der Waals surface area contributed by atoms with Gasteiger partial charge in [0, 0.05) is 28.9 Å². The maximum atomic E-state index is 6.11. The standard InChI is InChI=1S/C17H17N3/c1-11(2)12-5-6-13-8-15(14-4-3-7-19-10-14)17(18)20-16(13)9-12/h3-11H,1-2H3,(H2,18,20). The highest BCUT2D eigenvalue weighted by molar-refractivity contribution is 5.89. The third-order valence-corrected chi connectivity index (χ3v) is 3.51. The van der Waals surface area contributed by atoms with Gasteiger partial charge in [0.1, 0.15) is 5.82 Å². The first-order valence-corrected chi connectivity index (χ1v) is 6.76. The van der Waals surface area contributed by atoms with Gasteiger partial charge in [-0.2, -0.15) is 0 Å². The Kier molecular flexibility index (Phi) is 3.11. The molecule has 0 saturated heterocycles. The van der Waals surface area contributed by atoms with Gasteiger partial charge in [-0.25, -0.2) is 4.98 Å². The number of rotatable bonds is 2. The zero-order chi connectivity index (χ0) is 14.1. The van der Waals surface area contributed by atoms with Crippen LogP contribution in [0.1, 0.15) is 25.3 Å². The summed E-state index contributed by atoms with van der Waals surface area (Å²) >= 11 is 0. The fraction of sp³-hybridized carbons (Fsp3) is 0.176. The highest BCUT2D eigenvalue weighted by Gasteiger charge is 2.08. The lowest BCUT2D eigenvalue weighted by Crippen LogP contribution is -1.96. The number of hydrogen-bond donors (Lipinski definition) is 1. The van der Waals surface area contributed by atoms with Gasteiger partial charge in [0.2, 0.25) is 0 Å². The first-order chi connectivity index (χ1) is 9.65. The van der Waals surface area contributed by atoms with Crippen LogP contribution in [0.3, 0.4) is 0 Å². The largest absolute Gasteiger partial charge is 0.383 e. The molecule has 0 unspecified atom stereocenters. The van der Waals surface area contributed by atoms with Gasteiger partial charge in [0.05, 0.1) is 5.52 Å². The van der Waals surface area contributed by atoms with Crippen LogP contribution in [-0.4, -0.2) is 9.97 Å². The van der Waals surface area contributed by atoms with Crippen molar-refractivity contribution in [2.45, 2.75) is 19.8 Å². The monoisotopic (exact) mass is 263 g/mol. The second-order valence-corrected chi connectivity index (χ2v) is 5.27. The minimum absolute atomic E-state index is 0.487. The van der Waals surface area contributed by atoms with E-state index in [2.05, 4.69) is 48.1 Å². The maximum Gasteiger partial charge on any atom is 0.132 e. The summed E-state index contributed by atoms with van der Waals surface area (Å²) in [6.07, 6.45) is 3.56. The Morgan fingerprint density at radius 2 is 1.95 bits per heavy atom. The Morgan fingerprint density at radius 1 is 1.10 bits per heavy atom. The molecule has 3 rings (SSSR count). The minimum atomic E-state index is 0.487. The third kappa shape index (κ3) is 2.23. The molecule has 0 aliphatic carbocycles. The second kappa shape index (κ2) is 4.93. The number of nitrogens with two attached hydrogens (primary N) is 1. The molecule has 2 N–H and O–H groups in total. The summed E-state index contributed by atoms with van der Waals surface area (Å²) in [6, 6.07) is 12.4. The number of aromatic nitrogens is 2. The average Bonchev–Trinajstić information content (AvgIpc) is 2.46. The van der Waals surface area contributed by atoms with E-state index in [1.807, 2.05) is 18.3 Å². The molecule has 2 aromatic heterocycles. The summed E-state index contributed by atoms with van der Waals surface area (Å²) in [5, 5.41) is 1.10. The molecule has 0 bridgehead atoms. The van der Waals surface area contributed by atoms with Crippen molar-refractivity contribution in [3.63, 3.8) is 0 Å². The highest BCUT2D eigenvalue weighted by Crippen LogP contribution is 2.29.